The Morgan fingerprint density at radius 2 is 2.00 bits per heavy atom. The molecular formula is C15H20ClNO4. The van der Waals surface area contributed by atoms with Gasteiger partial charge in [-0.05, 0) is 45.9 Å². The lowest BCUT2D eigenvalue weighted by atomic mass is 10.0. The van der Waals surface area contributed by atoms with E-state index in [1.165, 1.54) is 12.1 Å². The van der Waals surface area contributed by atoms with Crippen LogP contribution in [0.1, 0.15) is 38.1 Å². The van der Waals surface area contributed by atoms with E-state index in [9.17, 15) is 9.59 Å². The average Bonchev–Trinajstić information content (AvgIpc) is 2.34. The Labute approximate surface area is 129 Å². The van der Waals surface area contributed by atoms with Crippen molar-refractivity contribution >= 4 is 23.4 Å². The first-order chi connectivity index (χ1) is 9.60. The lowest BCUT2D eigenvalue weighted by Gasteiger charge is -2.25. The van der Waals surface area contributed by atoms with Gasteiger partial charge in [-0.25, -0.2) is 4.79 Å². The average molecular weight is 314 g/mol. The first-order valence-corrected chi connectivity index (χ1v) is 6.94. The van der Waals surface area contributed by atoms with Crippen LogP contribution < -0.4 is 10.1 Å². The molecule has 1 rings (SSSR count). The molecule has 0 saturated heterocycles. The van der Waals surface area contributed by atoms with Gasteiger partial charge in [-0.1, -0.05) is 11.6 Å². The van der Waals surface area contributed by atoms with Gasteiger partial charge in [-0.2, -0.15) is 0 Å². The number of carboxylic acids is 1. The number of Topliss-reactive ketones (excluding diaryl/α,β-unsaturated/α-hetero) is 1. The Balaban J connectivity index is 2.83. The third-order valence-electron chi connectivity index (χ3n) is 2.61. The van der Waals surface area contributed by atoms with Gasteiger partial charge in [0.05, 0.1) is 11.1 Å². The van der Waals surface area contributed by atoms with Crippen LogP contribution in [0.3, 0.4) is 0 Å². The fourth-order valence-corrected chi connectivity index (χ4v) is 2.11. The van der Waals surface area contributed by atoms with Crippen molar-refractivity contribution < 1.29 is 19.4 Å². The van der Waals surface area contributed by atoms with E-state index in [0.29, 0.717) is 5.56 Å². The molecule has 2 N–H and O–H groups in total. The maximum absolute atomic E-state index is 12.3. The highest BCUT2D eigenvalue weighted by Gasteiger charge is 2.21. The van der Waals surface area contributed by atoms with Crippen molar-refractivity contribution in [2.75, 3.05) is 6.61 Å². The second kappa shape index (κ2) is 6.91. The number of hydrogen-bond acceptors (Lipinski definition) is 4. The number of carboxylic acid groups (broad SMARTS) is 1. The maximum atomic E-state index is 12.3. The second-order valence-electron chi connectivity index (χ2n) is 5.81. The highest BCUT2D eigenvalue weighted by atomic mass is 35.5. The molecule has 0 aliphatic rings. The molecule has 0 bridgehead atoms. The van der Waals surface area contributed by atoms with Gasteiger partial charge in [0.1, 0.15) is 5.75 Å². The van der Waals surface area contributed by atoms with Crippen molar-refractivity contribution in [1.29, 1.82) is 0 Å². The number of rotatable bonds is 6. The van der Waals surface area contributed by atoms with Crippen LogP contribution in [0, 0.1) is 0 Å². The predicted molar refractivity (Wildman–Crippen MR) is 81.3 cm³/mol. The molecular weight excluding hydrogens is 294 g/mol. The molecule has 1 aromatic carbocycles. The molecule has 116 valence electrons. The minimum atomic E-state index is -1.09. The highest BCUT2D eigenvalue weighted by Crippen LogP contribution is 2.26. The van der Waals surface area contributed by atoms with Gasteiger partial charge in [-0.3, -0.25) is 4.79 Å². The summed E-state index contributed by atoms with van der Waals surface area (Å²) in [5.41, 5.74) is 0.274. The van der Waals surface area contributed by atoms with Crippen LogP contribution in [-0.4, -0.2) is 35.0 Å². The number of ketones is 1. The van der Waals surface area contributed by atoms with Crippen molar-refractivity contribution in [1.82, 2.24) is 5.32 Å². The van der Waals surface area contributed by atoms with Crippen molar-refractivity contribution in [3.8, 4) is 5.75 Å². The topological polar surface area (TPSA) is 75.6 Å². The molecule has 1 aromatic rings. The number of aliphatic carboxylic acids is 1. The summed E-state index contributed by atoms with van der Waals surface area (Å²) in [6.45, 7) is 7.25. The molecule has 0 radical (unpaired) electrons. The third kappa shape index (κ3) is 5.73. The molecule has 0 aliphatic carbocycles. The smallest absolute Gasteiger partial charge is 0.341 e. The number of benzene rings is 1. The van der Waals surface area contributed by atoms with Crippen molar-refractivity contribution in [3.05, 3.63) is 28.8 Å². The molecule has 0 spiro atoms. The molecule has 0 saturated carbocycles. The molecule has 1 unspecified atom stereocenters. The zero-order chi connectivity index (χ0) is 16.2. The minimum absolute atomic E-state index is 0.0865. The van der Waals surface area contributed by atoms with Gasteiger partial charge in [0.15, 0.2) is 12.4 Å². The molecule has 0 aromatic heterocycles. The predicted octanol–water partition coefficient (Wildman–Crippen LogP) is 2.76. The van der Waals surface area contributed by atoms with Gasteiger partial charge < -0.3 is 15.2 Å². The zero-order valence-electron chi connectivity index (χ0n) is 12.6. The van der Waals surface area contributed by atoms with Crippen LogP contribution in [0.15, 0.2) is 18.2 Å². The summed E-state index contributed by atoms with van der Waals surface area (Å²) in [5.74, 6) is -0.933. The fraction of sp³-hybridized carbons (Fsp3) is 0.467. The molecule has 5 nitrogen and oxygen atoms in total. The third-order valence-corrected chi connectivity index (χ3v) is 2.91. The number of carbonyl (C=O) groups is 2. The standard InChI is InChI=1S/C15H20ClNO4/c1-9(17-15(2,3)4)14(20)10-5-6-12(11(16)7-10)21-8-13(18)19/h5-7,9,17H,8H2,1-4H3,(H,18,19). The lowest BCUT2D eigenvalue weighted by molar-refractivity contribution is -0.139. The Morgan fingerprint density at radius 1 is 1.38 bits per heavy atom. The Kier molecular flexibility index (Phi) is 5.75. The number of halogens is 1. The number of carbonyl (C=O) groups excluding carboxylic acids is 1. The van der Waals surface area contributed by atoms with E-state index < -0.39 is 12.6 Å². The molecule has 0 amide bonds. The zero-order valence-corrected chi connectivity index (χ0v) is 13.3. The Bertz CT molecular complexity index is 537. The van der Waals surface area contributed by atoms with E-state index in [-0.39, 0.29) is 28.1 Å². The van der Waals surface area contributed by atoms with Crippen molar-refractivity contribution in [2.45, 2.75) is 39.3 Å². The van der Waals surface area contributed by atoms with E-state index in [2.05, 4.69) is 5.32 Å². The quantitative estimate of drug-likeness (QED) is 0.790. The van der Waals surface area contributed by atoms with Crippen LogP contribution in [0.5, 0.6) is 5.75 Å². The fourth-order valence-electron chi connectivity index (χ4n) is 1.88. The van der Waals surface area contributed by atoms with E-state index in [4.69, 9.17) is 21.4 Å². The van der Waals surface area contributed by atoms with Crippen LogP contribution in [0.4, 0.5) is 0 Å². The SMILES string of the molecule is CC(NC(C)(C)C)C(=O)c1ccc(OCC(=O)O)c(Cl)c1. The Morgan fingerprint density at radius 3 is 2.48 bits per heavy atom. The summed E-state index contributed by atoms with van der Waals surface area (Å²) < 4.78 is 5.02. The summed E-state index contributed by atoms with van der Waals surface area (Å²) in [5, 5.41) is 12.0. The van der Waals surface area contributed by atoms with Crippen molar-refractivity contribution in [2.24, 2.45) is 0 Å². The first-order valence-electron chi connectivity index (χ1n) is 6.56. The van der Waals surface area contributed by atoms with E-state index >= 15 is 0 Å². The van der Waals surface area contributed by atoms with Gasteiger partial charge in [0.2, 0.25) is 0 Å². The summed E-state index contributed by atoms with van der Waals surface area (Å²) >= 11 is 6.00. The monoisotopic (exact) mass is 313 g/mol. The molecule has 0 fully saturated rings. The maximum Gasteiger partial charge on any atom is 0.341 e. The first kappa shape index (κ1) is 17.5. The van der Waals surface area contributed by atoms with E-state index in [1.54, 1.807) is 13.0 Å². The summed E-state index contributed by atoms with van der Waals surface area (Å²) in [6, 6.07) is 4.21. The van der Waals surface area contributed by atoms with Gasteiger partial charge >= 0.3 is 5.97 Å². The highest BCUT2D eigenvalue weighted by molar-refractivity contribution is 6.32. The summed E-state index contributed by atoms with van der Waals surface area (Å²) in [4.78, 5) is 22.7. The molecule has 0 heterocycles. The summed E-state index contributed by atoms with van der Waals surface area (Å²) in [6.07, 6.45) is 0. The van der Waals surface area contributed by atoms with E-state index in [1.807, 2.05) is 20.8 Å². The van der Waals surface area contributed by atoms with E-state index in [0.717, 1.165) is 0 Å². The largest absolute Gasteiger partial charge is 0.480 e. The van der Waals surface area contributed by atoms with Crippen LogP contribution in [0.2, 0.25) is 5.02 Å². The Hall–Kier alpha value is -1.59. The van der Waals surface area contributed by atoms with Gasteiger partial charge in [0, 0.05) is 11.1 Å². The van der Waals surface area contributed by atoms with Crippen LogP contribution in [-0.2, 0) is 4.79 Å². The molecule has 21 heavy (non-hydrogen) atoms. The minimum Gasteiger partial charge on any atom is -0.480 e. The summed E-state index contributed by atoms with van der Waals surface area (Å²) in [7, 11) is 0. The normalized spacial score (nSPS) is 12.8. The molecule has 1 atom stereocenters. The van der Waals surface area contributed by atoms with Gasteiger partial charge in [0.25, 0.3) is 0 Å². The van der Waals surface area contributed by atoms with Crippen LogP contribution >= 0.6 is 11.6 Å². The molecule has 0 aliphatic heterocycles. The van der Waals surface area contributed by atoms with Crippen LogP contribution in [0.25, 0.3) is 0 Å². The number of hydrogen-bond donors (Lipinski definition) is 2. The lowest BCUT2D eigenvalue weighted by Crippen LogP contribution is -2.46. The molecule has 6 heteroatoms. The second-order valence-corrected chi connectivity index (χ2v) is 6.22. The number of ether oxygens (including phenoxy) is 1. The van der Waals surface area contributed by atoms with Gasteiger partial charge in [-0.15, -0.1) is 0 Å². The number of nitrogens with one attached hydrogen (secondary N) is 1. The van der Waals surface area contributed by atoms with Crippen molar-refractivity contribution in [3.63, 3.8) is 0 Å².